The highest BCUT2D eigenvalue weighted by molar-refractivity contribution is 6.00. The number of rotatable bonds is 2. The summed E-state index contributed by atoms with van der Waals surface area (Å²) in [6.07, 6.45) is -2.94. The van der Waals surface area contributed by atoms with Gasteiger partial charge in [-0.2, -0.15) is 13.2 Å². The first kappa shape index (κ1) is 16.4. The van der Waals surface area contributed by atoms with E-state index >= 15 is 0 Å². The third kappa shape index (κ3) is 2.87. The number of hydrogen-bond acceptors (Lipinski definition) is 3. The number of nitrogens with zero attached hydrogens (tertiary/aromatic N) is 2. The minimum atomic E-state index is -4.46. The first-order valence-electron chi connectivity index (χ1n) is 7.48. The summed E-state index contributed by atoms with van der Waals surface area (Å²) in [5.41, 5.74) is 6.84. The maximum absolute atomic E-state index is 12.9. The highest BCUT2D eigenvalue weighted by Gasteiger charge is 2.36. The Kier molecular flexibility index (Phi) is 4.04. The van der Waals surface area contributed by atoms with Crippen molar-refractivity contribution in [3.63, 3.8) is 0 Å². The molecular weight excluding hydrogens is 319 g/mol. The number of fused-ring (bicyclic) bond motifs is 1. The van der Waals surface area contributed by atoms with Crippen LogP contribution in [0, 0.1) is 0 Å². The molecule has 126 valence electrons. The monoisotopic (exact) mass is 335 g/mol. The van der Waals surface area contributed by atoms with E-state index in [1.165, 1.54) is 4.90 Å². The van der Waals surface area contributed by atoms with Crippen LogP contribution in [0.2, 0.25) is 0 Å². The highest BCUT2D eigenvalue weighted by atomic mass is 19.4. The lowest BCUT2D eigenvalue weighted by Crippen LogP contribution is -2.49. The molecule has 2 N–H and O–H groups in total. The lowest BCUT2D eigenvalue weighted by Gasteiger charge is -2.36. The van der Waals surface area contributed by atoms with Gasteiger partial charge in [0.1, 0.15) is 0 Å². The topological polar surface area (TPSA) is 59.2 Å². The Morgan fingerprint density at radius 3 is 2.71 bits per heavy atom. The van der Waals surface area contributed by atoms with Crippen LogP contribution in [0.5, 0.6) is 0 Å². The molecule has 24 heavy (non-hydrogen) atoms. The van der Waals surface area contributed by atoms with Crippen molar-refractivity contribution in [3.8, 4) is 0 Å². The van der Waals surface area contributed by atoms with E-state index in [1.54, 1.807) is 19.1 Å². The molecule has 0 fully saturated rings. The van der Waals surface area contributed by atoms with Crippen LogP contribution in [0.3, 0.4) is 0 Å². The minimum Gasteiger partial charge on any atom is -0.320 e. The number of anilines is 1. The van der Waals surface area contributed by atoms with Crippen LogP contribution in [0.15, 0.2) is 42.6 Å². The Hall–Kier alpha value is -2.41. The number of benzene rings is 1. The Bertz CT molecular complexity index is 776. The number of halogens is 3. The van der Waals surface area contributed by atoms with Crippen molar-refractivity contribution in [2.24, 2.45) is 5.73 Å². The molecular formula is C17H16F3N3O. The molecule has 4 nitrogen and oxygen atoms in total. The van der Waals surface area contributed by atoms with Crippen LogP contribution in [0.4, 0.5) is 18.9 Å². The summed E-state index contributed by atoms with van der Waals surface area (Å²) in [7, 11) is 0. The minimum absolute atomic E-state index is 0.169. The zero-order chi connectivity index (χ0) is 17.5. The van der Waals surface area contributed by atoms with Gasteiger partial charge in [-0.1, -0.05) is 18.2 Å². The van der Waals surface area contributed by atoms with E-state index in [4.69, 9.17) is 5.73 Å². The number of para-hydroxylation sites is 1. The normalized spacial score (nSPS) is 19.1. The van der Waals surface area contributed by atoms with Gasteiger partial charge in [0.05, 0.1) is 23.3 Å². The number of nitrogens with two attached hydrogens (primary N) is 1. The van der Waals surface area contributed by atoms with Crippen molar-refractivity contribution >= 4 is 11.6 Å². The van der Waals surface area contributed by atoms with Crippen LogP contribution in [-0.4, -0.2) is 16.9 Å². The SMILES string of the molecule is C[C@@H](c1cc(C(F)(F)F)ccn1)N1C(=O)[C@H](N)Cc2ccccc21. The Balaban J connectivity index is 2.03. The van der Waals surface area contributed by atoms with E-state index in [0.717, 1.165) is 23.9 Å². The van der Waals surface area contributed by atoms with Gasteiger partial charge in [0, 0.05) is 11.9 Å². The fraction of sp³-hybridized carbons (Fsp3) is 0.294. The number of amides is 1. The average Bonchev–Trinajstić information content (AvgIpc) is 2.55. The molecule has 2 atom stereocenters. The number of hydrogen-bond donors (Lipinski definition) is 1. The Labute approximate surface area is 137 Å². The summed E-state index contributed by atoms with van der Waals surface area (Å²) >= 11 is 0. The maximum atomic E-state index is 12.9. The van der Waals surface area contributed by atoms with Crippen LogP contribution >= 0.6 is 0 Å². The van der Waals surface area contributed by atoms with E-state index in [9.17, 15) is 18.0 Å². The first-order valence-corrected chi connectivity index (χ1v) is 7.48. The van der Waals surface area contributed by atoms with Crippen molar-refractivity contribution in [1.82, 2.24) is 4.98 Å². The summed E-state index contributed by atoms with van der Waals surface area (Å²) in [4.78, 5) is 18.0. The average molecular weight is 335 g/mol. The molecule has 2 aromatic rings. The lowest BCUT2D eigenvalue weighted by molar-refractivity contribution is -0.137. The zero-order valence-electron chi connectivity index (χ0n) is 12.9. The quantitative estimate of drug-likeness (QED) is 0.917. The van der Waals surface area contributed by atoms with E-state index in [2.05, 4.69) is 4.98 Å². The summed E-state index contributed by atoms with van der Waals surface area (Å²) in [5, 5.41) is 0. The molecule has 1 aliphatic rings. The molecule has 0 aliphatic carbocycles. The summed E-state index contributed by atoms with van der Waals surface area (Å²) in [5.74, 6) is -0.319. The van der Waals surface area contributed by atoms with Gasteiger partial charge >= 0.3 is 6.18 Å². The number of carbonyl (C=O) groups excluding carboxylic acids is 1. The predicted molar refractivity (Wildman–Crippen MR) is 83.3 cm³/mol. The third-order valence-corrected chi connectivity index (χ3v) is 4.17. The molecule has 0 saturated carbocycles. The third-order valence-electron chi connectivity index (χ3n) is 4.17. The molecule has 0 spiro atoms. The van der Waals surface area contributed by atoms with Gasteiger partial charge in [0.25, 0.3) is 0 Å². The highest BCUT2D eigenvalue weighted by Crippen LogP contribution is 2.35. The second-order valence-electron chi connectivity index (χ2n) is 5.79. The molecule has 0 bridgehead atoms. The molecule has 2 heterocycles. The van der Waals surface area contributed by atoms with Crippen LogP contribution in [0.1, 0.15) is 29.8 Å². The molecule has 0 radical (unpaired) electrons. The Morgan fingerprint density at radius 2 is 2.00 bits per heavy atom. The molecule has 1 aromatic carbocycles. The van der Waals surface area contributed by atoms with Crippen LogP contribution in [0.25, 0.3) is 0 Å². The van der Waals surface area contributed by atoms with Crippen molar-refractivity contribution < 1.29 is 18.0 Å². The smallest absolute Gasteiger partial charge is 0.320 e. The number of pyridine rings is 1. The number of alkyl halides is 3. The Morgan fingerprint density at radius 1 is 1.29 bits per heavy atom. The second kappa shape index (κ2) is 5.90. The lowest BCUT2D eigenvalue weighted by atomic mass is 9.95. The summed E-state index contributed by atoms with van der Waals surface area (Å²) in [6, 6.07) is 7.76. The van der Waals surface area contributed by atoms with Gasteiger partial charge in [-0.05, 0) is 37.1 Å². The molecule has 1 aliphatic heterocycles. The van der Waals surface area contributed by atoms with Crippen LogP contribution in [-0.2, 0) is 17.4 Å². The fourth-order valence-corrected chi connectivity index (χ4v) is 2.92. The van der Waals surface area contributed by atoms with E-state index in [1.807, 2.05) is 12.1 Å². The molecule has 1 amide bonds. The number of carbonyl (C=O) groups is 1. The van der Waals surface area contributed by atoms with E-state index in [-0.39, 0.29) is 11.6 Å². The zero-order valence-corrected chi connectivity index (χ0v) is 12.9. The largest absolute Gasteiger partial charge is 0.416 e. The van der Waals surface area contributed by atoms with Gasteiger partial charge < -0.3 is 10.6 Å². The van der Waals surface area contributed by atoms with Gasteiger partial charge in [-0.3, -0.25) is 9.78 Å². The summed E-state index contributed by atoms with van der Waals surface area (Å²) in [6.45, 7) is 1.65. The maximum Gasteiger partial charge on any atom is 0.416 e. The van der Waals surface area contributed by atoms with E-state index < -0.39 is 23.8 Å². The molecule has 7 heteroatoms. The summed E-state index contributed by atoms with van der Waals surface area (Å²) < 4.78 is 38.8. The van der Waals surface area contributed by atoms with Crippen molar-refractivity contribution in [2.45, 2.75) is 31.6 Å². The van der Waals surface area contributed by atoms with Gasteiger partial charge in [-0.25, -0.2) is 0 Å². The van der Waals surface area contributed by atoms with Gasteiger partial charge in [-0.15, -0.1) is 0 Å². The molecule has 1 aromatic heterocycles. The van der Waals surface area contributed by atoms with Crippen LogP contribution < -0.4 is 10.6 Å². The fourth-order valence-electron chi connectivity index (χ4n) is 2.92. The van der Waals surface area contributed by atoms with Gasteiger partial charge in [0.15, 0.2) is 0 Å². The van der Waals surface area contributed by atoms with Crippen molar-refractivity contribution in [3.05, 3.63) is 59.4 Å². The molecule has 0 unspecified atom stereocenters. The first-order chi connectivity index (χ1) is 11.3. The van der Waals surface area contributed by atoms with E-state index in [0.29, 0.717) is 12.1 Å². The standard InChI is InChI=1S/C17H16F3N3O/c1-10(14-9-12(6-7-22-14)17(18,19)20)23-15-5-3-2-4-11(15)8-13(21)16(23)24/h2-7,9-10,13H,8,21H2,1H3/t10-,13+/m0/s1. The predicted octanol–water partition coefficient (Wildman–Crippen LogP) is 3.08. The van der Waals surface area contributed by atoms with Gasteiger partial charge in [0.2, 0.25) is 5.91 Å². The molecule has 3 rings (SSSR count). The second-order valence-corrected chi connectivity index (χ2v) is 5.79. The van der Waals surface area contributed by atoms with Crippen molar-refractivity contribution in [2.75, 3.05) is 4.90 Å². The molecule has 0 saturated heterocycles. The number of aromatic nitrogens is 1. The van der Waals surface area contributed by atoms with Crippen molar-refractivity contribution in [1.29, 1.82) is 0 Å².